The first-order chi connectivity index (χ1) is 8.58. The maximum absolute atomic E-state index is 10.9. The molecular weight excluding hydrogens is 224 g/mol. The normalized spacial score (nSPS) is 35.1. The summed E-state index contributed by atoms with van der Waals surface area (Å²) in [5.41, 5.74) is 1.72. The second-order valence-electron chi connectivity index (χ2n) is 6.15. The van der Waals surface area contributed by atoms with E-state index in [0.29, 0.717) is 5.92 Å². The van der Waals surface area contributed by atoms with E-state index >= 15 is 0 Å². The van der Waals surface area contributed by atoms with E-state index < -0.39 is 5.60 Å². The van der Waals surface area contributed by atoms with Crippen molar-refractivity contribution < 1.29 is 9.84 Å². The monoisotopic (exact) mass is 246 g/mol. The topological polar surface area (TPSA) is 29.5 Å². The van der Waals surface area contributed by atoms with E-state index in [1.54, 1.807) is 0 Å². The Labute approximate surface area is 109 Å². The molecule has 0 saturated heterocycles. The van der Waals surface area contributed by atoms with Crippen LogP contribution in [0.4, 0.5) is 0 Å². The molecule has 1 aliphatic carbocycles. The third-order valence-corrected chi connectivity index (χ3v) is 4.87. The third kappa shape index (κ3) is 1.93. The van der Waals surface area contributed by atoms with Crippen molar-refractivity contribution in [3.05, 3.63) is 29.3 Å². The SMILES string of the molecule is CC1CCC(O)(c2ccc3c(c2)CCO3)CC1C. The van der Waals surface area contributed by atoms with Gasteiger partial charge in [0, 0.05) is 6.42 Å². The van der Waals surface area contributed by atoms with Crippen LogP contribution in [0.1, 0.15) is 44.2 Å². The van der Waals surface area contributed by atoms with Crippen LogP contribution >= 0.6 is 0 Å². The molecule has 1 heterocycles. The van der Waals surface area contributed by atoms with Crippen molar-refractivity contribution in [2.24, 2.45) is 11.8 Å². The highest BCUT2D eigenvalue weighted by Gasteiger charge is 2.37. The molecule has 3 unspecified atom stereocenters. The quantitative estimate of drug-likeness (QED) is 0.824. The Morgan fingerprint density at radius 3 is 2.89 bits per heavy atom. The van der Waals surface area contributed by atoms with Crippen LogP contribution in [0.25, 0.3) is 0 Å². The Morgan fingerprint density at radius 2 is 2.11 bits per heavy atom. The summed E-state index contributed by atoms with van der Waals surface area (Å²) in [5, 5.41) is 10.9. The molecule has 0 radical (unpaired) electrons. The van der Waals surface area contributed by atoms with E-state index in [9.17, 15) is 5.11 Å². The minimum Gasteiger partial charge on any atom is -0.493 e. The average Bonchev–Trinajstić information content (AvgIpc) is 2.81. The minimum absolute atomic E-state index is 0.591. The molecular formula is C16H22O2. The summed E-state index contributed by atoms with van der Waals surface area (Å²) in [5.74, 6) is 2.32. The van der Waals surface area contributed by atoms with Crippen molar-refractivity contribution in [2.45, 2.75) is 45.1 Å². The lowest BCUT2D eigenvalue weighted by atomic mass is 9.70. The Balaban J connectivity index is 1.89. The zero-order valence-corrected chi connectivity index (χ0v) is 11.3. The molecule has 3 atom stereocenters. The number of fused-ring (bicyclic) bond motifs is 1. The molecule has 1 aliphatic heterocycles. The maximum Gasteiger partial charge on any atom is 0.122 e. The standard InChI is InChI=1S/C16H22O2/c1-11-5-7-16(17,10-12(11)2)14-3-4-15-13(9-14)6-8-18-15/h3-4,9,11-12,17H,5-8,10H2,1-2H3. The van der Waals surface area contributed by atoms with Crippen molar-refractivity contribution in [1.82, 2.24) is 0 Å². The van der Waals surface area contributed by atoms with Crippen molar-refractivity contribution in [3.63, 3.8) is 0 Å². The van der Waals surface area contributed by atoms with Gasteiger partial charge >= 0.3 is 0 Å². The molecule has 3 rings (SSSR count). The number of rotatable bonds is 1. The molecule has 1 aromatic carbocycles. The lowest BCUT2D eigenvalue weighted by molar-refractivity contribution is -0.0336. The zero-order valence-electron chi connectivity index (χ0n) is 11.3. The molecule has 1 aromatic rings. The zero-order chi connectivity index (χ0) is 12.8. The first-order valence-corrected chi connectivity index (χ1v) is 7.07. The molecule has 2 aliphatic rings. The lowest BCUT2D eigenvalue weighted by Gasteiger charge is -2.39. The summed E-state index contributed by atoms with van der Waals surface area (Å²) >= 11 is 0. The van der Waals surface area contributed by atoms with Crippen molar-refractivity contribution >= 4 is 0 Å². The lowest BCUT2D eigenvalue weighted by Crippen LogP contribution is -2.35. The van der Waals surface area contributed by atoms with Crippen molar-refractivity contribution in [1.29, 1.82) is 0 Å². The van der Waals surface area contributed by atoms with E-state index in [1.165, 1.54) is 5.56 Å². The highest BCUT2D eigenvalue weighted by Crippen LogP contribution is 2.43. The molecule has 0 amide bonds. The van der Waals surface area contributed by atoms with Crippen molar-refractivity contribution in [2.75, 3.05) is 6.61 Å². The van der Waals surface area contributed by atoms with Crippen LogP contribution in [0.15, 0.2) is 18.2 Å². The average molecular weight is 246 g/mol. The minimum atomic E-state index is -0.621. The summed E-state index contributed by atoms with van der Waals surface area (Å²) in [6, 6.07) is 6.23. The van der Waals surface area contributed by atoms with Crippen LogP contribution in [0.3, 0.4) is 0 Å². The van der Waals surface area contributed by atoms with Gasteiger partial charge in [0.1, 0.15) is 5.75 Å². The molecule has 0 aromatic heterocycles. The van der Waals surface area contributed by atoms with Crippen LogP contribution in [0.2, 0.25) is 0 Å². The molecule has 1 N–H and O–H groups in total. The number of hydrogen-bond acceptors (Lipinski definition) is 2. The fraction of sp³-hybridized carbons (Fsp3) is 0.625. The Bertz CT molecular complexity index is 454. The highest BCUT2D eigenvalue weighted by atomic mass is 16.5. The molecule has 2 nitrogen and oxygen atoms in total. The first kappa shape index (κ1) is 12.0. The molecule has 1 saturated carbocycles. The van der Waals surface area contributed by atoms with Gasteiger partial charge in [0.2, 0.25) is 0 Å². The summed E-state index contributed by atoms with van der Waals surface area (Å²) in [6.45, 7) is 5.33. The highest BCUT2D eigenvalue weighted by molar-refractivity contribution is 5.41. The first-order valence-electron chi connectivity index (χ1n) is 7.07. The van der Waals surface area contributed by atoms with Crippen LogP contribution < -0.4 is 4.74 Å². The van der Waals surface area contributed by atoms with Gasteiger partial charge in [0.15, 0.2) is 0 Å². The number of ether oxygens (including phenoxy) is 1. The maximum atomic E-state index is 10.9. The Morgan fingerprint density at radius 1 is 1.28 bits per heavy atom. The van der Waals surface area contributed by atoms with Crippen LogP contribution in [-0.4, -0.2) is 11.7 Å². The summed E-state index contributed by atoms with van der Waals surface area (Å²) in [4.78, 5) is 0. The smallest absolute Gasteiger partial charge is 0.122 e. The number of hydrogen-bond donors (Lipinski definition) is 1. The van der Waals surface area contributed by atoms with E-state index in [2.05, 4.69) is 19.9 Å². The van der Waals surface area contributed by atoms with Gasteiger partial charge in [-0.15, -0.1) is 0 Å². The van der Waals surface area contributed by atoms with E-state index in [0.717, 1.165) is 49.5 Å². The van der Waals surface area contributed by atoms with Crippen LogP contribution in [-0.2, 0) is 12.0 Å². The summed E-state index contributed by atoms with van der Waals surface area (Å²) < 4.78 is 5.53. The predicted octanol–water partition coefficient (Wildman–Crippen LogP) is 3.27. The predicted molar refractivity (Wildman–Crippen MR) is 71.7 cm³/mol. The fourth-order valence-corrected chi connectivity index (χ4v) is 3.33. The molecule has 98 valence electrons. The second-order valence-corrected chi connectivity index (χ2v) is 6.15. The third-order valence-electron chi connectivity index (χ3n) is 4.87. The molecule has 1 fully saturated rings. The van der Waals surface area contributed by atoms with Crippen molar-refractivity contribution in [3.8, 4) is 5.75 Å². The van der Waals surface area contributed by atoms with Crippen LogP contribution in [0.5, 0.6) is 5.75 Å². The molecule has 0 bridgehead atoms. The Kier molecular flexibility index (Phi) is 2.86. The summed E-state index contributed by atoms with van der Waals surface area (Å²) in [6.07, 6.45) is 3.86. The van der Waals surface area contributed by atoms with Gasteiger partial charge in [-0.25, -0.2) is 0 Å². The number of benzene rings is 1. The molecule has 18 heavy (non-hydrogen) atoms. The molecule has 2 heteroatoms. The van der Waals surface area contributed by atoms with Gasteiger partial charge in [0.05, 0.1) is 12.2 Å². The fourth-order valence-electron chi connectivity index (χ4n) is 3.33. The van der Waals surface area contributed by atoms with Gasteiger partial charge in [0.25, 0.3) is 0 Å². The summed E-state index contributed by atoms with van der Waals surface area (Å²) in [7, 11) is 0. The van der Waals surface area contributed by atoms with E-state index in [4.69, 9.17) is 4.74 Å². The molecule has 0 spiro atoms. The number of aliphatic hydroxyl groups is 1. The van der Waals surface area contributed by atoms with Gasteiger partial charge in [-0.05, 0) is 54.4 Å². The Hall–Kier alpha value is -1.02. The van der Waals surface area contributed by atoms with E-state index in [-0.39, 0.29) is 0 Å². The second kappa shape index (κ2) is 4.27. The van der Waals surface area contributed by atoms with Gasteiger partial charge in [-0.3, -0.25) is 0 Å². The van der Waals surface area contributed by atoms with Crippen LogP contribution in [0, 0.1) is 11.8 Å². The van der Waals surface area contributed by atoms with Gasteiger partial charge in [-0.2, -0.15) is 0 Å². The van der Waals surface area contributed by atoms with Gasteiger partial charge < -0.3 is 9.84 Å². The largest absolute Gasteiger partial charge is 0.493 e. The van der Waals surface area contributed by atoms with Gasteiger partial charge in [-0.1, -0.05) is 19.9 Å². The van der Waals surface area contributed by atoms with E-state index in [1.807, 2.05) is 12.1 Å².